The molecule has 0 aliphatic carbocycles. The number of unbranched alkanes of at least 4 members (excludes halogenated alkanes) is 2. The number of carbonyl (C=O) groups excluding carboxylic acids is 1. The van der Waals surface area contributed by atoms with E-state index >= 15 is 0 Å². The van der Waals surface area contributed by atoms with Crippen LogP contribution in [0.25, 0.3) is 16.0 Å². The highest BCUT2D eigenvalue weighted by molar-refractivity contribution is 7.19. The molecule has 4 nitrogen and oxygen atoms in total. The summed E-state index contributed by atoms with van der Waals surface area (Å²) in [6.07, 6.45) is -2.02. The van der Waals surface area contributed by atoms with Crippen LogP contribution < -0.4 is 10.1 Å². The predicted molar refractivity (Wildman–Crippen MR) is 127 cm³/mol. The highest BCUT2D eigenvalue weighted by Crippen LogP contribution is 2.43. The van der Waals surface area contributed by atoms with Crippen molar-refractivity contribution in [1.29, 1.82) is 0 Å². The summed E-state index contributed by atoms with van der Waals surface area (Å²) in [5, 5.41) is 2.28. The van der Waals surface area contributed by atoms with Gasteiger partial charge in [0.15, 0.2) is 5.13 Å². The van der Waals surface area contributed by atoms with Crippen LogP contribution in [0.3, 0.4) is 0 Å². The average molecular weight is 511 g/mol. The van der Waals surface area contributed by atoms with E-state index in [4.69, 9.17) is 4.74 Å². The molecule has 0 bridgehead atoms. The summed E-state index contributed by atoms with van der Waals surface area (Å²) in [6, 6.07) is 6.14. The third-order valence-electron chi connectivity index (χ3n) is 5.00. The second-order valence-corrected chi connectivity index (χ2v) is 8.79. The van der Waals surface area contributed by atoms with Gasteiger partial charge in [0.1, 0.15) is 22.9 Å². The van der Waals surface area contributed by atoms with Gasteiger partial charge in [-0.05, 0) is 49.2 Å². The Morgan fingerprint density at radius 3 is 2.43 bits per heavy atom. The fourth-order valence-electron chi connectivity index (χ4n) is 3.26. The molecule has 1 heterocycles. The maximum Gasteiger partial charge on any atom is 0.416 e. The standard InChI is InChI=1S/C25H23F5N2O2S/c1-4-5-6-12-34-19-11-10-15(25(28,29)30)13-16(19)22-21(14(2)3)31-24(35-22)32-23(33)20-17(26)8-7-9-18(20)27/h7-11,13H,2,4-6,12H2,1,3H3,(H,31,32,33). The molecule has 186 valence electrons. The lowest BCUT2D eigenvalue weighted by Crippen LogP contribution is -2.15. The van der Waals surface area contributed by atoms with Gasteiger partial charge < -0.3 is 4.74 Å². The minimum absolute atomic E-state index is 0.0556. The van der Waals surface area contributed by atoms with E-state index in [1.165, 1.54) is 6.07 Å². The Morgan fingerprint density at radius 2 is 1.83 bits per heavy atom. The number of hydrogen-bond donors (Lipinski definition) is 1. The highest BCUT2D eigenvalue weighted by Gasteiger charge is 2.32. The molecule has 3 rings (SSSR count). The van der Waals surface area contributed by atoms with Crippen molar-refractivity contribution >= 4 is 27.9 Å². The second-order valence-electron chi connectivity index (χ2n) is 7.79. The number of halogens is 5. The lowest BCUT2D eigenvalue weighted by Gasteiger charge is -2.14. The number of ether oxygens (including phenoxy) is 1. The summed E-state index contributed by atoms with van der Waals surface area (Å²) in [5.74, 6) is -2.97. The van der Waals surface area contributed by atoms with Crippen LogP contribution in [0.4, 0.5) is 27.1 Å². The number of thiazole rings is 1. The first-order valence-electron chi connectivity index (χ1n) is 10.8. The lowest BCUT2D eigenvalue weighted by atomic mass is 10.0. The van der Waals surface area contributed by atoms with Crippen LogP contribution >= 0.6 is 11.3 Å². The van der Waals surface area contributed by atoms with Crippen LogP contribution in [0.15, 0.2) is 43.0 Å². The van der Waals surface area contributed by atoms with Gasteiger partial charge in [0.2, 0.25) is 0 Å². The molecule has 0 fully saturated rings. The van der Waals surface area contributed by atoms with Gasteiger partial charge in [-0.3, -0.25) is 10.1 Å². The zero-order valence-corrected chi connectivity index (χ0v) is 19.9. The Hall–Kier alpha value is -3.27. The topological polar surface area (TPSA) is 51.2 Å². The van der Waals surface area contributed by atoms with E-state index in [0.29, 0.717) is 12.2 Å². The van der Waals surface area contributed by atoms with Crippen molar-refractivity contribution in [3.05, 3.63) is 71.4 Å². The number of benzene rings is 2. The van der Waals surface area contributed by atoms with E-state index in [-0.39, 0.29) is 27.0 Å². The van der Waals surface area contributed by atoms with Crippen molar-refractivity contribution in [2.24, 2.45) is 0 Å². The van der Waals surface area contributed by atoms with Crippen molar-refractivity contribution in [3.8, 4) is 16.2 Å². The molecule has 1 amide bonds. The number of alkyl halides is 3. The van der Waals surface area contributed by atoms with Crippen molar-refractivity contribution in [2.75, 3.05) is 11.9 Å². The molecule has 0 aliphatic rings. The third kappa shape index (κ3) is 6.25. The Kier molecular flexibility index (Phi) is 8.26. The number of nitrogens with one attached hydrogen (secondary N) is 1. The highest BCUT2D eigenvalue weighted by atomic mass is 32.1. The van der Waals surface area contributed by atoms with Gasteiger partial charge in [-0.1, -0.05) is 43.7 Å². The second kappa shape index (κ2) is 11.0. The zero-order valence-electron chi connectivity index (χ0n) is 19.1. The minimum Gasteiger partial charge on any atom is -0.493 e. The molecule has 0 aliphatic heterocycles. The van der Waals surface area contributed by atoms with Gasteiger partial charge in [0, 0.05) is 5.56 Å². The number of nitrogens with zero attached hydrogens (tertiary/aromatic N) is 1. The van der Waals surface area contributed by atoms with E-state index < -0.39 is 34.8 Å². The molecule has 0 unspecified atom stereocenters. The van der Waals surface area contributed by atoms with Crippen LogP contribution in [-0.4, -0.2) is 17.5 Å². The lowest BCUT2D eigenvalue weighted by molar-refractivity contribution is -0.137. The van der Waals surface area contributed by atoms with E-state index in [0.717, 1.165) is 60.9 Å². The smallest absolute Gasteiger partial charge is 0.416 e. The van der Waals surface area contributed by atoms with Gasteiger partial charge in [-0.15, -0.1) is 0 Å². The fourth-order valence-corrected chi connectivity index (χ4v) is 4.32. The predicted octanol–water partition coefficient (Wildman–Crippen LogP) is 7.96. The molecule has 1 N–H and O–H groups in total. The van der Waals surface area contributed by atoms with Gasteiger partial charge in [0.05, 0.1) is 22.7 Å². The molecule has 2 aromatic carbocycles. The maximum absolute atomic E-state index is 14.0. The number of carbonyl (C=O) groups is 1. The number of anilines is 1. The van der Waals surface area contributed by atoms with E-state index in [1.807, 2.05) is 6.92 Å². The first-order valence-corrected chi connectivity index (χ1v) is 11.6. The Bertz CT molecular complexity index is 1220. The van der Waals surface area contributed by atoms with E-state index in [1.54, 1.807) is 6.92 Å². The van der Waals surface area contributed by atoms with Gasteiger partial charge in [-0.25, -0.2) is 13.8 Å². The zero-order chi connectivity index (χ0) is 25.8. The van der Waals surface area contributed by atoms with Crippen LogP contribution in [0, 0.1) is 11.6 Å². The molecule has 3 aromatic rings. The van der Waals surface area contributed by atoms with Crippen LogP contribution in [0.5, 0.6) is 5.75 Å². The Labute approximate surface area is 203 Å². The molecule has 0 saturated carbocycles. The number of rotatable bonds is 9. The van der Waals surface area contributed by atoms with Gasteiger partial charge in [-0.2, -0.15) is 13.2 Å². The molecular formula is C25H23F5N2O2S. The van der Waals surface area contributed by atoms with Crippen LogP contribution in [0.1, 0.15) is 54.7 Å². The fraction of sp³-hybridized carbons (Fsp3) is 0.280. The van der Waals surface area contributed by atoms with Crippen molar-refractivity contribution in [1.82, 2.24) is 4.98 Å². The van der Waals surface area contributed by atoms with E-state index in [2.05, 4.69) is 16.9 Å². The SMILES string of the molecule is C=C(C)c1nc(NC(=O)c2c(F)cccc2F)sc1-c1cc(C(F)(F)F)ccc1OCCCCC. The van der Waals surface area contributed by atoms with Gasteiger partial charge >= 0.3 is 6.18 Å². The van der Waals surface area contributed by atoms with Crippen molar-refractivity contribution in [2.45, 2.75) is 39.3 Å². The van der Waals surface area contributed by atoms with Crippen molar-refractivity contribution in [3.63, 3.8) is 0 Å². The van der Waals surface area contributed by atoms with Crippen LogP contribution in [-0.2, 0) is 6.18 Å². The minimum atomic E-state index is -4.59. The third-order valence-corrected chi connectivity index (χ3v) is 6.00. The average Bonchev–Trinajstić information content (AvgIpc) is 3.20. The molecule has 10 heteroatoms. The molecule has 1 aromatic heterocycles. The summed E-state index contributed by atoms with van der Waals surface area (Å²) in [6.45, 7) is 7.76. The van der Waals surface area contributed by atoms with Crippen LogP contribution in [0.2, 0.25) is 0 Å². The largest absolute Gasteiger partial charge is 0.493 e. The first kappa shape index (κ1) is 26.3. The summed E-state index contributed by atoms with van der Waals surface area (Å²) in [7, 11) is 0. The van der Waals surface area contributed by atoms with Gasteiger partial charge in [0.25, 0.3) is 5.91 Å². The van der Waals surface area contributed by atoms with E-state index in [9.17, 15) is 26.7 Å². The summed E-state index contributed by atoms with van der Waals surface area (Å²) in [4.78, 5) is 17.1. The molecule has 0 saturated heterocycles. The molecule has 0 spiro atoms. The quantitative estimate of drug-likeness (QED) is 0.235. The monoisotopic (exact) mass is 510 g/mol. The summed E-state index contributed by atoms with van der Waals surface area (Å²) >= 11 is 0.857. The molecule has 0 atom stereocenters. The summed E-state index contributed by atoms with van der Waals surface area (Å²) in [5.41, 5.74) is -0.891. The van der Waals surface area contributed by atoms with Crippen molar-refractivity contribution < 1.29 is 31.5 Å². The number of aromatic nitrogens is 1. The normalized spacial score (nSPS) is 11.4. The summed E-state index contributed by atoms with van der Waals surface area (Å²) < 4.78 is 74.2. The molecule has 0 radical (unpaired) electrons. The number of hydrogen-bond acceptors (Lipinski definition) is 4. The molecule has 35 heavy (non-hydrogen) atoms. The number of allylic oxidation sites excluding steroid dienone is 1. The first-order chi connectivity index (χ1) is 16.5. The number of amides is 1. The Morgan fingerprint density at radius 1 is 1.14 bits per heavy atom. The maximum atomic E-state index is 14.0. The molecular weight excluding hydrogens is 487 g/mol. The Balaban J connectivity index is 2.04.